The number of aliphatic imine (C=N–C) groups is 1. The summed E-state index contributed by atoms with van der Waals surface area (Å²) in [5, 5.41) is 0. The third-order valence-electron chi connectivity index (χ3n) is 4.94. The van der Waals surface area contributed by atoms with Gasteiger partial charge < -0.3 is 9.47 Å². The van der Waals surface area contributed by atoms with Crippen LogP contribution in [0, 0.1) is 0 Å². The minimum Gasteiger partial charge on any atom is -0.486 e. The van der Waals surface area contributed by atoms with Crippen molar-refractivity contribution in [1.29, 1.82) is 0 Å². The molecule has 2 aliphatic heterocycles. The van der Waals surface area contributed by atoms with E-state index in [1.807, 2.05) is 13.1 Å². The van der Waals surface area contributed by atoms with Crippen LogP contribution in [0.4, 0.5) is 0 Å². The average Bonchev–Trinajstić information content (AvgIpc) is 2.61. The molecule has 0 radical (unpaired) electrons. The highest BCUT2D eigenvalue weighted by molar-refractivity contribution is 9.10. The Balaban J connectivity index is 1.74. The lowest BCUT2D eigenvalue weighted by Gasteiger charge is -2.41. The van der Waals surface area contributed by atoms with Gasteiger partial charge in [-0.2, -0.15) is 0 Å². The predicted octanol–water partition coefficient (Wildman–Crippen LogP) is 4.87. The summed E-state index contributed by atoms with van der Waals surface area (Å²) in [7, 11) is 1.88. The fourth-order valence-electron chi connectivity index (χ4n) is 3.58. The second-order valence-corrected chi connectivity index (χ2v) is 7.38. The van der Waals surface area contributed by atoms with Crippen molar-refractivity contribution in [2.75, 3.05) is 20.3 Å². The lowest BCUT2D eigenvalue weighted by molar-refractivity contribution is -0.0441. The molecular formula is C20H20BrNO2. The highest BCUT2D eigenvalue weighted by atomic mass is 79.9. The van der Waals surface area contributed by atoms with Crippen LogP contribution in [0.2, 0.25) is 0 Å². The van der Waals surface area contributed by atoms with Crippen LogP contribution in [0.5, 0.6) is 5.75 Å². The molecule has 4 rings (SSSR count). The van der Waals surface area contributed by atoms with Gasteiger partial charge in [-0.15, -0.1) is 0 Å². The van der Waals surface area contributed by atoms with Crippen molar-refractivity contribution < 1.29 is 9.47 Å². The van der Waals surface area contributed by atoms with Gasteiger partial charge in [0.25, 0.3) is 0 Å². The van der Waals surface area contributed by atoms with Crippen LogP contribution in [0.3, 0.4) is 0 Å². The van der Waals surface area contributed by atoms with E-state index in [9.17, 15) is 0 Å². The molecule has 2 heterocycles. The Morgan fingerprint density at radius 2 is 1.83 bits per heavy atom. The largest absolute Gasteiger partial charge is 0.486 e. The number of hydrogen-bond acceptors (Lipinski definition) is 3. The van der Waals surface area contributed by atoms with Gasteiger partial charge in [0.05, 0.1) is 13.2 Å². The molecule has 1 spiro atoms. The lowest BCUT2D eigenvalue weighted by Crippen LogP contribution is -2.46. The zero-order chi connectivity index (χ0) is 16.6. The first-order chi connectivity index (χ1) is 11.7. The van der Waals surface area contributed by atoms with Gasteiger partial charge in [-0.1, -0.05) is 34.1 Å². The molecule has 124 valence electrons. The molecule has 0 amide bonds. The summed E-state index contributed by atoms with van der Waals surface area (Å²) in [6.07, 6.45) is 2.72. The molecule has 0 unspecified atom stereocenters. The molecule has 1 fully saturated rings. The van der Waals surface area contributed by atoms with Crippen molar-refractivity contribution in [3.05, 3.63) is 52.5 Å². The predicted molar refractivity (Wildman–Crippen MR) is 100 cm³/mol. The standard InChI is InChI=1S/C20H20BrNO2/c1-22-18-13-20(7-9-23-10-8-20)24-19-6-5-15(12-17(18)19)14-3-2-4-16(21)11-14/h2-6,11-12H,7-10,13H2,1H3. The normalized spacial score (nSPS) is 20.7. The lowest BCUT2D eigenvalue weighted by atomic mass is 9.83. The van der Waals surface area contributed by atoms with E-state index in [1.165, 1.54) is 11.1 Å². The summed E-state index contributed by atoms with van der Waals surface area (Å²) in [4.78, 5) is 4.58. The van der Waals surface area contributed by atoms with E-state index in [1.54, 1.807) is 0 Å². The Kier molecular flexibility index (Phi) is 4.19. The van der Waals surface area contributed by atoms with Crippen molar-refractivity contribution in [2.45, 2.75) is 24.9 Å². The first kappa shape index (κ1) is 15.9. The van der Waals surface area contributed by atoms with E-state index in [2.05, 4.69) is 57.3 Å². The van der Waals surface area contributed by atoms with Gasteiger partial charge in [-0.3, -0.25) is 4.99 Å². The van der Waals surface area contributed by atoms with E-state index in [-0.39, 0.29) is 5.60 Å². The van der Waals surface area contributed by atoms with Crippen molar-refractivity contribution >= 4 is 21.6 Å². The topological polar surface area (TPSA) is 30.8 Å². The smallest absolute Gasteiger partial charge is 0.129 e. The quantitative estimate of drug-likeness (QED) is 0.701. The molecule has 0 N–H and O–H groups in total. The van der Waals surface area contributed by atoms with Crippen LogP contribution in [0.15, 0.2) is 51.9 Å². The molecule has 0 bridgehead atoms. The molecule has 4 heteroatoms. The summed E-state index contributed by atoms with van der Waals surface area (Å²) >= 11 is 3.55. The maximum atomic E-state index is 6.44. The highest BCUT2D eigenvalue weighted by Crippen LogP contribution is 2.40. The average molecular weight is 386 g/mol. The number of benzene rings is 2. The maximum Gasteiger partial charge on any atom is 0.129 e. The Hall–Kier alpha value is -1.65. The van der Waals surface area contributed by atoms with Gasteiger partial charge in [-0.25, -0.2) is 0 Å². The van der Waals surface area contributed by atoms with Gasteiger partial charge >= 0.3 is 0 Å². The molecule has 0 aliphatic carbocycles. The first-order valence-corrected chi connectivity index (χ1v) is 9.11. The maximum absolute atomic E-state index is 6.44. The highest BCUT2D eigenvalue weighted by Gasteiger charge is 2.40. The van der Waals surface area contributed by atoms with Crippen LogP contribution in [0.1, 0.15) is 24.8 Å². The van der Waals surface area contributed by atoms with Gasteiger partial charge in [-0.05, 0) is 35.4 Å². The second-order valence-electron chi connectivity index (χ2n) is 6.47. The van der Waals surface area contributed by atoms with Crippen molar-refractivity contribution in [3.63, 3.8) is 0 Å². The number of ether oxygens (including phenoxy) is 2. The Morgan fingerprint density at radius 3 is 2.58 bits per heavy atom. The Bertz CT molecular complexity index is 794. The summed E-state index contributed by atoms with van der Waals surface area (Å²) in [6, 6.07) is 14.8. The molecule has 2 aliphatic rings. The molecule has 0 aromatic heterocycles. The number of nitrogens with zero attached hydrogens (tertiary/aromatic N) is 1. The monoisotopic (exact) mass is 385 g/mol. The third kappa shape index (κ3) is 2.89. The van der Waals surface area contributed by atoms with E-state index in [4.69, 9.17) is 9.47 Å². The van der Waals surface area contributed by atoms with Crippen molar-refractivity contribution in [2.24, 2.45) is 4.99 Å². The number of halogens is 1. The van der Waals surface area contributed by atoms with E-state index < -0.39 is 0 Å². The molecule has 0 saturated carbocycles. The van der Waals surface area contributed by atoms with Crippen LogP contribution < -0.4 is 4.74 Å². The van der Waals surface area contributed by atoms with Crippen LogP contribution in [-0.4, -0.2) is 31.6 Å². The molecule has 2 aromatic rings. The van der Waals surface area contributed by atoms with Gasteiger partial charge in [0, 0.05) is 42.1 Å². The summed E-state index contributed by atoms with van der Waals surface area (Å²) in [5.41, 5.74) is 4.48. The molecular weight excluding hydrogens is 366 g/mol. The van der Waals surface area contributed by atoms with E-state index >= 15 is 0 Å². The third-order valence-corrected chi connectivity index (χ3v) is 5.43. The van der Waals surface area contributed by atoms with Crippen molar-refractivity contribution in [1.82, 2.24) is 0 Å². The minimum atomic E-state index is -0.141. The molecule has 2 aromatic carbocycles. The minimum absolute atomic E-state index is 0.141. The zero-order valence-corrected chi connectivity index (χ0v) is 15.3. The summed E-state index contributed by atoms with van der Waals surface area (Å²) in [6.45, 7) is 1.53. The number of rotatable bonds is 1. The Morgan fingerprint density at radius 1 is 1.04 bits per heavy atom. The van der Waals surface area contributed by atoms with Crippen LogP contribution in [0.25, 0.3) is 11.1 Å². The van der Waals surface area contributed by atoms with Gasteiger partial charge in [0.2, 0.25) is 0 Å². The number of fused-ring (bicyclic) bond motifs is 1. The van der Waals surface area contributed by atoms with Crippen molar-refractivity contribution in [3.8, 4) is 16.9 Å². The molecule has 24 heavy (non-hydrogen) atoms. The fraction of sp³-hybridized carbons (Fsp3) is 0.350. The summed E-state index contributed by atoms with van der Waals surface area (Å²) in [5.74, 6) is 0.947. The van der Waals surface area contributed by atoms with Crippen LogP contribution >= 0.6 is 15.9 Å². The first-order valence-electron chi connectivity index (χ1n) is 8.32. The molecule has 3 nitrogen and oxygen atoms in total. The van der Waals surface area contributed by atoms with Gasteiger partial charge in [0.1, 0.15) is 11.4 Å². The SMILES string of the molecule is CN=C1CC2(CCOCC2)Oc2ccc(-c3cccc(Br)c3)cc21. The Labute approximate surface area is 150 Å². The molecule has 1 saturated heterocycles. The van der Waals surface area contributed by atoms with E-state index in [0.717, 1.165) is 54.0 Å². The number of hydrogen-bond donors (Lipinski definition) is 0. The summed E-state index contributed by atoms with van der Waals surface area (Å²) < 4.78 is 13.0. The van der Waals surface area contributed by atoms with Crippen LogP contribution in [-0.2, 0) is 4.74 Å². The van der Waals surface area contributed by atoms with E-state index in [0.29, 0.717) is 0 Å². The zero-order valence-electron chi connectivity index (χ0n) is 13.7. The second kappa shape index (κ2) is 6.34. The fourth-order valence-corrected chi connectivity index (χ4v) is 3.98. The van der Waals surface area contributed by atoms with Gasteiger partial charge in [0.15, 0.2) is 0 Å². The molecule has 0 atom stereocenters.